The highest BCUT2D eigenvalue weighted by atomic mass is 15.2. The molecular weight excluding hydrogens is 198 g/mol. The molecule has 1 aliphatic heterocycles. The molecule has 1 aromatic rings. The lowest BCUT2D eigenvalue weighted by Crippen LogP contribution is -2.19. The summed E-state index contributed by atoms with van der Waals surface area (Å²) < 4.78 is 0. The minimum Gasteiger partial charge on any atom is -0.384 e. The van der Waals surface area contributed by atoms with Crippen LogP contribution in [0.25, 0.3) is 0 Å². The van der Waals surface area contributed by atoms with Gasteiger partial charge in [0.2, 0.25) is 0 Å². The summed E-state index contributed by atoms with van der Waals surface area (Å²) in [6.07, 6.45) is 6.47. The third kappa shape index (κ3) is 2.46. The van der Waals surface area contributed by atoms with Crippen LogP contribution in [-0.2, 0) is 0 Å². The summed E-state index contributed by atoms with van der Waals surface area (Å²) in [5.74, 6) is 0.864. The number of hydrogen-bond acceptors (Lipinski definition) is 3. The maximum absolute atomic E-state index is 4.29. The van der Waals surface area contributed by atoms with Crippen molar-refractivity contribution >= 4 is 11.4 Å². The summed E-state index contributed by atoms with van der Waals surface area (Å²) in [5, 5.41) is 3.31. The molecule has 1 aliphatic rings. The monoisotopic (exact) mass is 219 g/mol. The van der Waals surface area contributed by atoms with Crippen LogP contribution in [0.3, 0.4) is 0 Å². The minimum absolute atomic E-state index is 0.864. The van der Waals surface area contributed by atoms with Gasteiger partial charge in [-0.2, -0.15) is 0 Å². The molecule has 0 radical (unpaired) electrons. The molecule has 0 amide bonds. The highest BCUT2D eigenvalue weighted by molar-refractivity contribution is 5.56. The van der Waals surface area contributed by atoms with E-state index in [9.17, 15) is 0 Å². The summed E-state index contributed by atoms with van der Waals surface area (Å²) in [6.45, 7) is 7.70. The number of aromatic nitrogens is 1. The van der Waals surface area contributed by atoms with Gasteiger partial charge in [0.1, 0.15) is 0 Å². The Balaban J connectivity index is 2.06. The van der Waals surface area contributed by atoms with Crippen molar-refractivity contribution in [2.24, 2.45) is 5.92 Å². The predicted octanol–water partition coefficient (Wildman–Crippen LogP) is 2.75. The average Bonchev–Trinajstić information content (AvgIpc) is 2.78. The van der Waals surface area contributed by atoms with Crippen molar-refractivity contribution in [2.45, 2.75) is 26.7 Å². The third-order valence-electron chi connectivity index (χ3n) is 3.33. The first-order valence-electron chi connectivity index (χ1n) is 6.27. The Morgan fingerprint density at radius 2 is 2.31 bits per heavy atom. The smallest absolute Gasteiger partial charge is 0.0573 e. The largest absolute Gasteiger partial charge is 0.384 e. The van der Waals surface area contributed by atoms with Gasteiger partial charge in [-0.1, -0.05) is 13.3 Å². The SMILES string of the molecule is CCNc1cncc(N2CCC(CC)C2)c1. The molecule has 1 unspecified atom stereocenters. The standard InChI is InChI=1S/C13H21N3/c1-3-11-5-6-16(10-11)13-7-12(15-4-2)8-14-9-13/h7-9,11,15H,3-6,10H2,1-2H3. The Morgan fingerprint density at radius 3 is 3.00 bits per heavy atom. The van der Waals surface area contributed by atoms with E-state index in [2.05, 4.69) is 35.1 Å². The molecule has 1 saturated heterocycles. The van der Waals surface area contributed by atoms with Crippen LogP contribution in [0.4, 0.5) is 11.4 Å². The third-order valence-corrected chi connectivity index (χ3v) is 3.33. The molecule has 1 atom stereocenters. The van der Waals surface area contributed by atoms with Crippen LogP contribution in [0.15, 0.2) is 18.5 Å². The Morgan fingerprint density at radius 1 is 1.44 bits per heavy atom. The van der Waals surface area contributed by atoms with Gasteiger partial charge < -0.3 is 10.2 Å². The average molecular weight is 219 g/mol. The molecule has 88 valence electrons. The van der Waals surface area contributed by atoms with E-state index in [-0.39, 0.29) is 0 Å². The number of nitrogens with one attached hydrogen (secondary N) is 1. The fourth-order valence-electron chi connectivity index (χ4n) is 2.30. The van der Waals surface area contributed by atoms with Crippen molar-refractivity contribution < 1.29 is 0 Å². The molecule has 0 saturated carbocycles. The van der Waals surface area contributed by atoms with E-state index in [0.29, 0.717) is 0 Å². The zero-order valence-corrected chi connectivity index (χ0v) is 10.2. The van der Waals surface area contributed by atoms with Crippen LogP contribution in [0.1, 0.15) is 26.7 Å². The zero-order valence-electron chi connectivity index (χ0n) is 10.2. The molecule has 3 nitrogen and oxygen atoms in total. The minimum atomic E-state index is 0.864. The summed E-state index contributed by atoms with van der Waals surface area (Å²) in [5.41, 5.74) is 2.38. The van der Waals surface area contributed by atoms with Crippen molar-refractivity contribution in [3.05, 3.63) is 18.5 Å². The second kappa shape index (κ2) is 5.19. The second-order valence-corrected chi connectivity index (χ2v) is 4.47. The Bertz CT molecular complexity index is 338. The summed E-state index contributed by atoms with van der Waals surface area (Å²) >= 11 is 0. The van der Waals surface area contributed by atoms with E-state index >= 15 is 0 Å². The molecule has 1 aromatic heterocycles. The maximum Gasteiger partial charge on any atom is 0.0573 e. The number of hydrogen-bond donors (Lipinski definition) is 1. The fraction of sp³-hybridized carbons (Fsp3) is 0.615. The van der Waals surface area contributed by atoms with E-state index in [1.807, 2.05) is 12.4 Å². The van der Waals surface area contributed by atoms with Gasteiger partial charge in [0.05, 0.1) is 23.8 Å². The van der Waals surface area contributed by atoms with Crippen molar-refractivity contribution in [3.63, 3.8) is 0 Å². The lowest BCUT2D eigenvalue weighted by atomic mass is 10.1. The van der Waals surface area contributed by atoms with Gasteiger partial charge in [0.15, 0.2) is 0 Å². The van der Waals surface area contributed by atoms with Crippen LogP contribution in [0.5, 0.6) is 0 Å². The normalized spacial score (nSPS) is 20.1. The first kappa shape index (κ1) is 11.2. The summed E-state index contributed by atoms with van der Waals surface area (Å²) in [7, 11) is 0. The number of rotatable bonds is 4. The van der Waals surface area contributed by atoms with Crippen LogP contribution >= 0.6 is 0 Å². The molecule has 0 bridgehead atoms. The molecule has 1 N–H and O–H groups in total. The molecule has 3 heteroatoms. The second-order valence-electron chi connectivity index (χ2n) is 4.47. The first-order chi connectivity index (χ1) is 7.83. The van der Waals surface area contributed by atoms with Gasteiger partial charge in [-0.3, -0.25) is 4.98 Å². The lowest BCUT2D eigenvalue weighted by molar-refractivity contribution is 0.569. The quantitative estimate of drug-likeness (QED) is 0.844. The Hall–Kier alpha value is -1.25. The van der Waals surface area contributed by atoms with Gasteiger partial charge in [-0.15, -0.1) is 0 Å². The van der Waals surface area contributed by atoms with Crippen molar-refractivity contribution in [3.8, 4) is 0 Å². The Labute approximate surface area is 97.9 Å². The van der Waals surface area contributed by atoms with E-state index in [0.717, 1.165) is 18.2 Å². The van der Waals surface area contributed by atoms with Crippen LogP contribution in [0, 0.1) is 5.92 Å². The highest BCUT2D eigenvalue weighted by Crippen LogP contribution is 2.26. The van der Waals surface area contributed by atoms with Crippen molar-refractivity contribution in [2.75, 3.05) is 29.9 Å². The van der Waals surface area contributed by atoms with E-state index in [1.54, 1.807) is 0 Å². The molecule has 1 fully saturated rings. The number of pyridine rings is 1. The van der Waals surface area contributed by atoms with Gasteiger partial charge in [0.25, 0.3) is 0 Å². The van der Waals surface area contributed by atoms with Gasteiger partial charge in [-0.05, 0) is 25.3 Å². The fourth-order valence-corrected chi connectivity index (χ4v) is 2.30. The van der Waals surface area contributed by atoms with Crippen molar-refractivity contribution in [1.29, 1.82) is 0 Å². The van der Waals surface area contributed by atoms with E-state index in [4.69, 9.17) is 0 Å². The zero-order chi connectivity index (χ0) is 11.4. The lowest BCUT2D eigenvalue weighted by Gasteiger charge is -2.18. The molecule has 2 heterocycles. The molecule has 16 heavy (non-hydrogen) atoms. The Kier molecular flexibility index (Phi) is 3.65. The maximum atomic E-state index is 4.29. The predicted molar refractivity (Wildman–Crippen MR) is 69.0 cm³/mol. The molecule has 0 aliphatic carbocycles. The molecule has 0 aromatic carbocycles. The summed E-state index contributed by atoms with van der Waals surface area (Å²) in [4.78, 5) is 6.74. The highest BCUT2D eigenvalue weighted by Gasteiger charge is 2.21. The van der Waals surface area contributed by atoms with Gasteiger partial charge in [-0.25, -0.2) is 0 Å². The summed E-state index contributed by atoms with van der Waals surface area (Å²) in [6, 6.07) is 2.20. The molecule has 2 rings (SSSR count). The van der Waals surface area contributed by atoms with Crippen LogP contribution in [-0.4, -0.2) is 24.6 Å². The van der Waals surface area contributed by atoms with E-state index in [1.165, 1.54) is 31.6 Å². The van der Waals surface area contributed by atoms with Crippen LogP contribution in [0.2, 0.25) is 0 Å². The van der Waals surface area contributed by atoms with E-state index < -0.39 is 0 Å². The number of nitrogens with zero attached hydrogens (tertiary/aromatic N) is 2. The van der Waals surface area contributed by atoms with Crippen molar-refractivity contribution in [1.82, 2.24) is 4.98 Å². The topological polar surface area (TPSA) is 28.2 Å². The van der Waals surface area contributed by atoms with Gasteiger partial charge >= 0.3 is 0 Å². The molecular formula is C13H21N3. The first-order valence-corrected chi connectivity index (χ1v) is 6.27. The van der Waals surface area contributed by atoms with Gasteiger partial charge in [0, 0.05) is 19.6 Å². The van der Waals surface area contributed by atoms with Crippen LogP contribution < -0.4 is 10.2 Å². The molecule has 0 spiro atoms. The number of anilines is 2.